The fourth-order valence-corrected chi connectivity index (χ4v) is 2.98. The second kappa shape index (κ2) is 5.04. The summed E-state index contributed by atoms with van der Waals surface area (Å²) >= 11 is 0. The average molecular weight is 267 g/mol. The summed E-state index contributed by atoms with van der Waals surface area (Å²) in [6.45, 7) is 3.99. The third-order valence-corrected chi connectivity index (χ3v) is 4.25. The molecule has 0 fully saturated rings. The molecule has 2 nitrogen and oxygen atoms in total. The van der Waals surface area contributed by atoms with E-state index in [0.717, 1.165) is 12.0 Å². The lowest BCUT2D eigenvalue weighted by Gasteiger charge is -2.23. The molecule has 2 heteroatoms. The Morgan fingerprint density at radius 1 is 1.00 bits per heavy atom. The number of benzene rings is 2. The molecule has 0 saturated carbocycles. The molecule has 2 atom stereocenters. The number of nitrogens with two attached hydrogens (primary N) is 1. The summed E-state index contributed by atoms with van der Waals surface area (Å²) in [5, 5.41) is 10.1. The molecule has 0 unspecified atom stereocenters. The zero-order valence-corrected chi connectivity index (χ0v) is 12.0. The minimum Gasteiger partial charge on any atom is -0.391 e. The summed E-state index contributed by atoms with van der Waals surface area (Å²) < 4.78 is 0. The maximum atomic E-state index is 10.1. The van der Waals surface area contributed by atoms with Crippen LogP contribution in [0, 0.1) is 5.92 Å². The van der Waals surface area contributed by atoms with Gasteiger partial charge in [-0.15, -0.1) is 0 Å². The second-order valence-corrected chi connectivity index (χ2v) is 6.01. The highest BCUT2D eigenvalue weighted by Gasteiger charge is 2.23. The lowest BCUT2D eigenvalue weighted by Crippen LogP contribution is -2.30. The molecule has 104 valence electrons. The van der Waals surface area contributed by atoms with Crippen LogP contribution in [0.4, 0.5) is 0 Å². The maximum Gasteiger partial charge on any atom is 0.0755 e. The standard InChI is InChI=1S/C18H21NO/c1-11(2)18(20)17(19)13-7-8-16-14(10-13)9-12-5-3-4-6-15(12)16/h3-8,10-11,17-18,20H,9,19H2,1-2H3/t17-,18+/m1/s1. The van der Waals surface area contributed by atoms with E-state index in [1.54, 1.807) is 0 Å². The van der Waals surface area contributed by atoms with Gasteiger partial charge >= 0.3 is 0 Å². The van der Waals surface area contributed by atoms with Gasteiger partial charge in [-0.1, -0.05) is 56.3 Å². The van der Waals surface area contributed by atoms with Crippen LogP contribution in [0.1, 0.15) is 36.6 Å². The van der Waals surface area contributed by atoms with Gasteiger partial charge in [0, 0.05) is 0 Å². The SMILES string of the molecule is CC(C)[C@H](O)[C@H](N)c1ccc2c(c1)Cc1ccccc1-2. The van der Waals surface area contributed by atoms with E-state index < -0.39 is 6.10 Å². The lowest BCUT2D eigenvalue weighted by molar-refractivity contribution is 0.0979. The van der Waals surface area contributed by atoms with Crippen LogP contribution in [-0.4, -0.2) is 11.2 Å². The van der Waals surface area contributed by atoms with E-state index >= 15 is 0 Å². The van der Waals surface area contributed by atoms with Gasteiger partial charge in [0.1, 0.15) is 0 Å². The number of rotatable bonds is 3. The summed E-state index contributed by atoms with van der Waals surface area (Å²) in [6.07, 6.45) is 0.459. The summed E-state index contributed by atoms with van der Waals surface area (Å²) in [4.78, 5) is 0. The Hall–Kier alpha value is -1.64. The van der Waals surface area contributed by atoms with Gasteiger partial charge < -0.3 is 10.8 Å². The van der Waals surface area contributed by atoms with Crippen LogP contribution in [0.15, 0.2) is 42.5 Å². The van der Waals surface area contributed by atoms with Crippen LogP contribution in [0.3, 0.4) is 0 Å². The zero-order chi connectivity index (χ0) is 14.3. The monoisotopic (exact) mass is 267 g/mol. The van der Waals surface area contributed by atoms with Gasteiger partial charge in [-0.3, -0.25) is 0 Å². The quantitative estimate of drug-likeness (QED) is 0.765. The molecule has 1 aliphatic rings. The van der Waals surface area contributed by atoms with Gasteiger partial charge in [0.05, 0.1) is 12.1 Å². The predicted molar refractivity (Wildman–Crippen MR) is 82.5 cm³/mol. The molecule has 0 aromatic heterocycles. The van der Waals surface area contributed by atoms with Crippen molar-refractivity contribution in [2.45, 2.75) is 32.4 Å². The molecule has 0 saturated heterocycles. The third kappa shape index (κ3) is 2.15. The van der Waals surface area contributed by atoms with E-state index in [2.05, 4.69) is 42.5 Å². The van der Waals surface area contributed by atoms with Gasteiger partial charge in [0.15, 0.2) is 0 Å². The Bertz CT molecular complexity index is 633. The van der Waals surface area contributed by atoms with Crippen molar-refractivity contribution in [3.63, 3.8) is 0 Å². The van der Waals surface area contributed by atoms with Crippen LogP contribution in [-0.2, 0) is 6.42 Å². The Labute approximate surface area is 120 Å². The molecular weight excluding hydrogens is 246 g/mol. The average Bonchev–Trinajstić information content (AvgIpc) is 2.83. The van der Waals surface area contributed by atoms with E-state index in [1.165, 1.54) is 22.3 Å². The second-order valence-electron chi connectivity index (χ2n) is 6.01. The molecule has 0 radical (unpaired) electrons. The van der Waals surface area contributed by atoms with Gasteiger partial charge in [-0.25, -0.2) is 0 Å². The van der Waals surface area contributed by atoms with Crippen molar-refractivity contribution in [3.8, 4) is 11.1 Å². The first kappa shape index (κ1) is 13.3. The van der Waals surface area contributed by atoms with Crippen LogP contribution < -0.4 is 5.73 Å². The first-order valence-corrected chi connectivity index (χ1v) is 7.22. The predicted octanol–water partition coefficient (Wildman–Crippen LogP) is 3.27. The van der Waals surface area contributed by atoms with Crippen LogP contribution in [0.2, 0.25) is 0 Å². The fraction of sp³-hybridized carbons (Fsp3) is 0.333. The topological polar surface area (TPSA) is 46.2 Å². The maximum absolute atomic E-state index is 10.1. The van der Waals surface area contributed by atoms with Crippen molar-refractivity contribution in [2.24, 2.45) is 11.7 Å². The number of aliphatic hydroxyl groups is 1. The number of aliphatic hydroxyl groups excluding tert-OH is 1. The Kier molecular flexibility index (Phi) is 3.36. The molecule has 3 N–H and O–H groups in total. The molecule has 0 bridgehead atoms. The molecular formula is C18H21NO. The van der Waals surface area contributed by atoms with Crippen LogP contribution in [0.25, 0.3) is 11.1 Å². The lowest BCUT2D eigenvalue weighted by atomic mass is 9.92. The van der Waals surface area contributed by atoms with E-state index in [9.17, 15) is 5.11 Å². The van der Waals surface area contributed by atoms with Crippen LogP contribution in [0.5, 0.6) is 0 Å². The first-order chi connectivity index (χ1) is 9.58. The van der Waals surface area contributed by atoms with Gasteiger partial charge in [-0.05, 0) is 40.2 Å². The van der Waals surface area contributed by atoms with Crippen molar-refractivity contribution < 1.29 is 5.11 Å². The highest BCUT2D eigenvalue weighted by Crippen LogP contribution is 2.37. The number of fused-ring (bicyclic) bond motifs is 3. The molecule has 1 aliphatic carbocycles. The largest absolute Gasteiger partial charge is 0.391 e. The Balaban J connectivity index is 1.95. The van der Waals surface area contributed by atoms with Gasteiger partial charge in [0.25, 0.3) is 0 Å². The molecule has 3 rings (SSSR count). The van der Waals surface area contributed by atoms with Crippen molar-refractivity contribution in [3.05, 3.63) is 59.2 Å². The van der Waals surface area contributed by atoms with Crippen molar-refractivity contribution in [1.82, 2.24) is 0 Å². The summed E-state index contributed by atoms with van der Waals surface area (Å²) in [6, 6.07) is 14.5. The number of hydrogen-bond donors (Lipinski definition) is 2. The fourth-order valence-electron chi connectivity index (χ4n) is 2.98. The van der Waals surface area contributed by atoms with E-state index in [-0.39, 0.29) is 12.0 Å². The smallest absolute Gasteiger partial charge is 0.0755 e. The van der Waals surface area contributed by atoms with Gasteiger partial charge in [-0.2, -0.15) is 0 Å². The van der Waals surface area contributed by atoms with Gasteiger partial charge in [0.2, 0.25) is 0 Å². The van der Waals surface area contributed by atoms with E-state index in [1.807, 2.05) is 13.8 Å². The van der Waals surface area contributed by atoms with Crippen molar-refractivity contribution in [1.29, 1.82) is 0 Å². The Morgan fingerprint density at radius 3 is 2.45 bits per heavy atom. The third-order valence-electron chi connectivity index (χ3n) is 4.25. The minimum absolute atomic E-state index is 0.162. The summed E-state index contributed by atoms with van der Waals surface area (Å²) in [7, 11) is 0. The normalized spacial score (nSPS) is 15.8. The molecule has 0 heterocycles. The highest BCUT2D eigenvalue weighted by molar-refractivity contribution is 5.77. The first-order valence-electron chi connectivity index (χ1n) is 7.22. The van der Waals surface area contributed by atoms with Crippen molar-refractivity contribution in [2.75, 3.05) is 0 Å². The van der Waals surface area contributed by atoms with E-state index in [4.69, 9.17) is 5.73 Å². The molecule has 2 aromatic carbocycles. The van der Waals surface area contributed by atoms with E-state index in [0.29, 0.717) is 0 Å². The zero-order valence-electron chi connectivity index (χ0n) is 12.0. The summed E-state index contributed by atoms with van der Waals surface area (Å²) in [5.41, 5.74) is 12.5. The molecule has 2 aromatic rings. The van der Waals surface area contributed by atoms with Crippen molar-refractivity contribution >= 4 is 0 Å². The highest BCUT2D eigenvalue weighted by atomic mass is 16.3. The molecule has 20 heavy (non-hydrogen) atoms. The molecule has 0 spiro atoms. The van der Waals surface area contributed by atoms with Crippen LogP contribution >= 0.6 is 0 Å². The molecule has 0 amide bonds. The summed E-state index contributed by atoms with van der Waals surface area (Å²) in [5.74, 6) is 0.162. The molecule has 0 aliphatic heterocycles. The minimum atomic E-state index is -0.503. The Morgan fingerprint density at radius 2 is 1.70 bits per heavy atom. The number of hydrogen-bond acceptors (Lipinski definition) is 2.